The van der Waals surface area contributed by atoms with Crippen LogP contribution < -0.4 is 5.32 Å². The van der Waals surface area contributed by atoms with E-state index in [1.54, 1.807) is 0 Å². The summed E-state index contributed by atoms with van der Waals surface area (Å²) < 4.78 is 76.6. The third kappa shape index (κ3) is 1.64. The Labute approximate surface area is 79.4 Å². The van der Waals surface area contributed by atoms with Crippen LogP contribution in [-0.2, 0) is 9.53 Å². The van der Waals surface area contributed by atoms with E-state index in [-0.39, 0.29) is 0 Å². The molecule has 9 heteroatoms. The van der Waals surface area contributed by atoms with Crippen LogP contribution in [0.1, 0.15) is 6.92 Å². The largest absolute Gasteiger partial charge is 0.452 e. The molecule has 1 fully saturated rings. The summed E-state index contributed by atoms with van der Waals surface area (Å²) in [5, 5.41) is 1.08. The van der Waals surface area contributed by atoms with E-state index in [9.17, 15) is 31.1 Å². The van der Waals surface area contributed by atoms with Crippen molar-refractivity contribution in [1.82, 2.24) is 5.32 Å². The third-order valence-electron chi connectivity index (χ3n) is 1.83. The van der Waals surface area contributed by atoms with Crippen LogP contribution in [0.15, 0.2) is 0 Å². The van der Waals surface area contributed by atoms with Gasteiger partial charge in [0.05, 0.1) is 0 Å². The molecule has 1 unspecified atom stereocenters. The van der Waals surface area contributed by atoms with Crippen LogP contribution in [-0.4, -0.2) is 30.1 Å². The number of cyclic esters (lactones) is 1. The number of hydrogen-bond acceptors (Lipinski definition) is 3. The van der Waals surface area contributed by atoms with Crippen LogP contribution in [0.5, 0.6) is 0 Å². The molecule has 0 amide bonds. The maximum Gasteiger partial charge on any atom is 0.452 e. The summed E-state index contributed by atoms with van der Waals surface area (Å²) in [6, 6.07) is -1.66. The second-order valence-electron chi connectivity index (χ2n) is 2.96. The fraction of sp³-hybridized carbons (Fsp3) is 0.833. The predicted octanol–water partition coefficient (Wildman–Crippen LogP) is 1.34. The molecule has 3 nitrogen and oxygen atoms in total. The van der Waals surface area contributed by atoms with Gasteiger partial charge in [-0.2, -0.15) is 26.3 Å². The van der Waals surface area contributed by atoms with Crippen LogP contribution in [0, 0.1) is 0 Å². The highest BCUT2D eigenvalue weighted by Gasteiger charge is 2.77. The fourth-order valence-electron chi connectivity index (χ4n) is 1.07. The van der Waals surface area contributed by atoms with Gasteiger partial charge in [-0.25, -0.2) is 0 Å². The van der Waals surface area contributed by atoms with E-state index in [0.717, 1.165) is 12.2 Å². The summed E-state index contributed by atoms with van der Waals surface area (Å²) in [6.45, 7) is 0.849. The molecule has 0 saturated carbocycles. The Morgan fingerprint density at radius 3 is 1.73 bits per heavy atom. The number of alkyl halides is 6. The average Bonchev–Trinajstić information content (AvgIpc) is 2.26. The van der Waals surface area contributed by atoms with Gasteiger partial charge in [0, 0.05) is 0 Å². The van der Waals surface area contributed by atoms with Gasteiger partial charge in [0.2, 0.25) is 0 Å². The molecule has 0 aromatic carbocycles. The first-order chi connectivity index (χ1) is 6.51. The van der Waals surface area contributed by atoms with Crippen LogP contribution in [0.2, 0.25) is 0 Å². The minimum Gasteiger partial charge on any atom is -0.424 e. The van der Waals surface area contributed by atoms with Crippen molar-refractivity contribution in [3.63, 3.8) is 0 Å². The zero-order chi connectivity index (χ0) is 12.1. The summed E-state index contributed by atoms with van der Waals surface area (Å²) in [7, 11) is 0. The number of nitrogens with one attached hydrogen (secondary N) is 1. The summed E-state index contributed by atoms with van der Waals surface area (Å²) in [5.41, 5.74) is -4.59. The Bertz CT molecular complexity index is 268. The molecule has 1 aliphatic heterocycles. The molecule has 1 heterocycles. The lowest BCUT2D eigenvalue weighted by atomic mass is 10.2. The van der Waals surface area contributed by atoms with E-state index in [1.165, 1.54) is 0 Å². The molecule has 88 valence electrons. The molecule has 0 radical (unpaired) electrons. The van der Waals surface area contributed by atoms with Crippen LogP contribution in [0.3, 0.4) is 0 Å². The van der Waals surface area contributed by atoms with E-state index >= 15 is 0 Å². The minimum atomic E-state index is -5.76. The normalized spacial score (nSPS) is 26.6. The molecule has 15 heavy (non-hydrogen) atoms. The molecule has 1 atom stereocenters. The monoisotopic (exact) mass is 237 g/mol. The number of halogens is 6. The Morgan fingerprint density at radius 2 is 1.60 bits per heavy atom. The van der Waals surface area contributed by atoms with Gasteiger partial charge in [0.25, 0.3) is 0 Å². The number of esters is 1. The molecule has 1 saturated heterocycles. The van der Waals surface area contributed by atoms with Crippen LogP contribution >= 0.6 is 0 Å². The first-order valence-electron chi connectivity index (χ1n) is 3.65. The molecule has 0 aromatic rings. The van der Waals surface area contributed by atoms with Crippen molar-refractivity contribution in [2.45, 2.75) is 31.0 Å². The van der Waals surface area contributed by atoms with Gasteiger partial charge in [0.1, 0.15) is 6.04 Å². The van der Waals surface area contributed by atoms with Crippen molar-refractivity contribution >= 4 is 5.97 Å². The van der Waals surface area contributed by atoms with E-state index in [0.29, 0.717) is 0 Å². The lowest BCUT2D eigenvalue weighted by Crippen LogP contribution is -2.65. The zero-order valence-electron chi connectivity index (χ0n) is 7.16. The predicted molar refractivity (Wildman–Crippen MR) is 33.5 cm³/mol. The fourth-order valence-corrected chi connectivity index (χ4v) is 1.07. The second kappa shape index (κ2) is 3.00. The smallest absolute Gasteiger partial charge is 0.424 e. The van der Waals surface area contributed by atoms with Gasteiger partial charge < -0.3 is 4.74 Å². The van der Waals surface area contributed by atoms with Gasteiger partial charge >= 0.3 is 24.0 Å². The number of hydrogen-bond donors (Lipinski definition) is 1. The van der Waals surface area contributed by atoms with Crippen molar-refractivity contribution < 1.29 is 35.9 Å². The topological polar surface area (TPSA) is 38.3 Å². The zero-order valence-corrected chi connectivity index (χ0v) is 7.16. The molecule has 1 aliphatic rings. The van der Waals surface area contributed by atoms with E-state index in [4.69, 9.17) is 0 Å². The Morgan fingerprint density at radius 1 is 1.20 bits per heavy atom. The van der Waals surface area contributed by atoms with Crippen molar-refractivity contribution in [3.05, 3.63) is 0 Å². The first kappa shape index (κ1) is 12.1. The minimum absolute atomic E-state index is 0.849. The Hall–Kier alpha value is -0.990. The number of carbonyl (C=O) groups excluding carboxylic acids is 1. The molecular formula is C6H5F6NO2. The van der Waals surface area contributed by atoms with Gasteiger partial charge in [-0.1, -0.05) is 0 Å². The highest BCUT2D eigenvalue weighted by atomic mass is 19.4. The average molecular weight is 237 g/mol. The summed E-state index contributed by atoms with van der Waals surface area (Å²) in [4.78, 5) is 10.6. The summed E-state index contributed by atoms with van der Waals surface area (Å²) >= 11 is 0. The maximum atomic E-state index is 12.2. The second-order valence-corrected chi connectivity index (χ2v) is 2.96. The molecule has 0 aromatic heterocycles. The standard InChI is InChI=1S/C6H5F6NO2/c1-2-3(14)15-4(13-2,5(7,8)9)6(10,11)12/h2,13H,1H3. The summed E-state index contributed by atoms with van der Waals surface area (Å²) in [5.74, 6) is -1.59. The van der Waals surface area contributed by atoms with E-state index in [2.05, 4.69) is 4.74 Å². The molecule has 0 aliphatic carbocycles. The summed E-state index contributed by atoms with van der Waals surface area (Å²) in [6.07, 6.45) is -11.5. The number of ether oxygens (including phenoxy) is 1. The molecular weight excluding hydrogens is 232 g/mol. The lowest BCUT2D eigenvalue weighted by Gasteiger charge is -2.31. The molecule has 0 bridgehead atoms. The SMILES string of the molecule is CC1NC(C(F)(F)F)(C(F)(F)F)OC1=O. The van der Waals surface area contributed by atoms with Crippen molar-refractivity contribution in [2.75, 3.05) is 0 Å². The van der Waals surface area contributed by atoms with Crippen molar-refractivity contribution in [2.24, 2.45) is 0 Å². The van der Waals surface area contributed by atoms with Gasteiger partial charge in [-0.3, -0.25) is 10.1 Å². The first-order valence-corrected chi connectivity index (χ1v) is 3.65. The van der Waals surface area contributed by atoms with Gasteiger partial charge in [-0.05, 0) is 6.92 Å². The quantitative estimate of drug-likeness (QED) is 0.510. The van der Waals surface area contributed by atoms with Crippen molar-refractivity contribution in [3.8, 4) is 0 Å². The maximum absolute atomic E-state index is 12.2. The number of carbonyl (C=O) groups is 1. The Kier molecular flexibility index (Phi) is 2.42. The Balaban J connectivity index is 3.18. The lowest BCUT2D eigenvalue weighted by molar-refractivity contribution is -0.369. The van der Waals surface area contributed by atoms with Gasteiger partial charge in [0.15, 0.2) is 0 Å². The number of rotatable bonds is 0. The molecule has 0 spiro atoms. The van der Waals surface area contributed by atoms with Crippen molar-refractivity contribution in [1.29, 1.82) is 0 Å². The highest BCUT2D eigenvalue weighted by molar-refractivity contribution is 5.78. The third-order valence-corrected chi connectivity index (χ3v) is 1.83. The van der Waals surface area contributed by atoms with Crippen LogP contribution in [0.4, 0.5) is 26.3 Å². The molecule has 1 N–H and O–H groups in total. The van der Waals surface area contributed by atoms with E-state index < -0.39 is 30.1 Å². The molecule has 1 rings (SSSR count). The van der Waals surface area contributed by atoms with Gasteiger partial charge in [-0.15, -0.1) is 0 Å². The van der Waals surface area contributed by atoms with Crippen LogP contribution in [0.25, 0.3) is 0 Å². The highest BCUT2D eigenvalue weighted by Crippen LogP contribution is 2.46. The van der Waals surface area contributed by atoms with E-state index in [1.807, 2.05) is 0 Å².